The number of hydrogen-bond acceptors (Lipinski definition) is 4. The average molecular weight is 289 g/mol. The maximum Gasteiger partial charge on any atom is 0.150 e. The lowest BCUT2D eigenvalue weighted by Crippen LogP contribution is -2.38. The van der Waals surface area contributed by atoms with Gasteiger partial charge in [-0.3, -0.25) is 0 Å². The first-order valence-electron chi connectivity index (χ1n) is 7.66. The van der Waals surface area contributed by atoms with Crippen molar-refractivity contribution >= 4 is 9.84 Å². The van der Waals surface area contributed by atoms with Crippen LogP contribution >= 0.6 is 0 Å². The number of sulfone groups is 1. The Kier molecular flexibility index (Phi) is 5.66. The van der Waals surface area contributed by atoms with Crippen molar-refractivity contribution in [2.24, 2.45) is 5.92 Å². The highest BCUT2D eigenvalue weighted by Crippen LogP contribution is 2.26. The van der Waals surface area contributed by atoms with Crippen LogP contribution in [0.3, 0.4) is 0 Å². The molecule has 0 saturated carbocycles. The highest BCUT2D eigenvalue weighted by molar-refractivity contribution is 7.91. The molecule has 0 aromatic rings. The lowest BCUT2D eigenvalue weighted by atomic mass is 9.93. The van der Waals surface area contributed by atoms with Crippen molar-refractivity contribution in [3.63, 3.8) is 0 Å². The Morgan fingerprint density at radius 2 is 2.21 bits per heavy atom. The van der Waals surface area contributed by atoms with Crippen molar-refractivity contribution in [3.8, 4) is 0 Å². The maximum absolute atomic E-state index is 11.6. The van der Waals surface area contributed by atoms with E-state index in [4.69, 9.17) is 4.74 Å². The van der Waals surface area contributed by atoms with Crippen LogP contribution in [0, 0.1) is 5.92 Å². The Hall–Kier alpha value is -0.130. The largest absolute Gasteiger partial charge is 0.378 e. The molecule has 3 atom stereocenters. The smallest absolute Gasteiger partial charge is 0.150 e. The van der Waals surface area contributed by atoms with Crippen LogP contribution in [0.15, 0.2) is 0 Å². The first-order chi connectivity index (χ1) is 9.11. The zero-order valence-electron chi connectivity index (χ0n) is 11.9. The fourth-order valence-corrected chi connectivity index (χ4v) is 5.09. The molecule has 4 nitrogen and oxygen atoms in total. The van der Waals surface area contributed by atoms with Crippen molar-refractivity contribution in [2.45, 2.75) is 57.6 Å². The van der Waals surface area contributed by atoms with Gasteiger partial charge in [0.2, 0.25) is 0 Å². The topological polar surface area (TPSA) is 55.4 Å². The monoisotopic (exact) mass is 289 g/mol. The second-order valence-electron chi connectivity index (χ2n) is 5.94. The van der Waals surface area contributed by atoms with Crippen molar-refractivity contribution < 1.29 is 13.2 Å². The van der Waals surface area contributed by atoms with Crippen LogP contribution in [0.4, 0.5) is 0 Å². The molecule has 19 heavy (non-hydrogen) atoms. The van der Waals surface area contributed by atoms with Gasteiger partial charge in [-0.15, -0.1) is 0 Å². The Morgan fingerprint density at radius 3 is 2.79 bits per heavy atom. The van der Waals surface area contributed by atoms with E-state index in [0.717, 1.165) is 38.8 Å². The van der Waals surface area contributed by atoms with Gasteiger partial charge in [-0.2, -0.15) is 0 Å². The van der Waals surface area contributed by atoms with Gasteiger partial charge in [0.1, 0.15) is 0 Å². The minimum atomic E-state index is -2.77. The van der Waals surface area contributed by atoms with Crippen LogP contribution in [0.5, 0.6) is 0 Å². The van der Waals surface area contributed by atoms with Gasteiger partial charge in [-0.05, 0) is 51.0 Å². The van der Waals surface area contributed by atoms with Gasteiger partial charge in [0.15, 0.2) is 9.84 Å². The highest BCUT2D eigenvalue weighted by Gasteiger charge is 2.33. The first kappa shape index (κ1) is 15.3. The lowest BCUT2D eigenvalue weighted by molar-refractivity contribution is 0.0976. The molecule has 0 bridgehead atoms. The first-order valence-corrected chi connectivity index (χ1v) is 9.48. The maximum atomic E-state index is 11.6. The molecule has 2 aliphatic heterocycles. The lowest BCUT2D eigenvalue weighted by Gasteiger charge is -2.25. The molecule has 2 aliphatic rings. The van der Waals surface area contributed by atoms with Crippen LogP contribution in [-0.4, -0.2) is 45.2 Å². The predicted molar refractivity (Wildman–Crippen MR) is 77.1 cm³/mol. The molecule has 0 spiro atoms. The van der Waals surface area contributed by atoms with Crippen LogP contribution in [-0.2, 0) is 14.6 Å². The molecule has 5 heteroatoms. The van der Waals surface area contributed by atoms with Crippen LogP contribution in [0.25, 0.3) is 0 Å². The summed E-state index contributed by atoms with van der Waals surface area (Å²) >= 11 is 0. The van der Waals surface area contributed by atoms with Crippen molar-refractivity contribution in [2.75, 3.05) is 24.7 Å². The number of hydrogen-bond donors (Lipinski definition) is 1. The van der Waals surface area contributed by atoms with E-state index in [-0.39, 0.29) is 0 Å². The summed E-state index contributed by atoms with van der Waals surface area (Å²) in [6, 6.07) is 0.349. The van der Waals surface area contributed by atoms with Gasteiger partial charge in [0, 0.05) is 12.6 Å². The SMILES string of the molecule is CCCNC(CCC1CCCO1)C1CCS(=O)(=O)C1. The zero-order chi connectivity index (χ0) is 13.7. The van der Waals surface area contributed by atoms with E-state index < -0.39 is 9.84 Å². The van der Waals surface area contributed by atoms with E-state index >= 15 is 0 Å². The van der Waals surface area contributed by atoms with Gasteiger partial charge in [-0.1, -0.05) is 6.92 Å². The van der Waals surface area contributed by atoms with Crippen LogP contribution < -0.4 is 5.32 Å². The van der Waals surface area contributed by atoms with Gasteiger partial charge in [-0.25, -0.2) is 8.42 Å². The molecule has 0 amide bonds. The molecule has 3 unspecified atom stereocenters. The fourth-order valence-electron chi connectivity index (χ4n) is 3.21. The molecule has 2 heterocycles. The van der Waals surface area contributed by atoms with Gasteiger partial charge in [0.25, 0.3) is 0 Å². The van der Waals surface area contributed by atoms with Gasteiger partial charge in [0.05, 0.1) is 17.6 Å². The third kappa shape index (κ3) is 4.72. The summed E-state index contributed by atoms with van der Waals surface area (Å²) in [6.07, 6.45) is 6.79. The summed E-state index contributed by atoms with van der Waals surface area (Å²) in [6.45, 7) is 4.03. The third-order valence-corrected chi connectivity index (χ3v) is 6.11. The average Bonchev–Trinajstić information content (AvgIpc) is 2.99. The third-order valence-electron chi connectivity index (χ3n) is 4.32. The molecular formula is C14H27NO3S. The molecule has 1 N–H and O–H groups in total. The number of rotatable bonds is 7. The Morgan fingerprint density at radius 1 is 1.37 bits per heavy atom. The molecule has 0 aromatic carbocycles. The Bertz CT molecular complexity index is 363. The second-order valence-corrected chi connectivity index (χ2v) is 8.16. The van der Waals surface area contributed by atoms with Gasteiger partial charge < -0.3 is 10.1 Å². The van der Waals surface area contributed by atoms with E-state index in [0.29, 0.717) is 29.6 Å². The van der Waals surface area contributed by atoms with E-state index in [9.17, 15) is 8.42 Å². The van der Waals surface area contributed by atoms with E-state index in [1.807, 2.05) is 0 Å². The van der Waals surface area contributed by atoms with Crippen molar-refractivity contribution in [1.29, 1.82) is 0 Å². The normalized spacial score (nSPS) is 31.6. The molecule has 0 radical (unpaired) electrons. The summed E-state index contributed by atoms with van der Waals surface area (Å²) < 4.78 is 28.9. The predicted octanol–water partition coefficient (Wildman–Crippen LogP) is 1.75. The van der Waals surface area contributed by atoms with Crippen LogP contribution in [0.2, 0.25) is 0 Å². The number of ether oxygens (including phenoxy) is 1. The summed E-state index contributed by atoms with van der Waals surface area (Å²) in [5.74, 6) is 1.06. The number of nitrogens with one attached hydrogen (secondary N) is 1. The van der Waals surface area contributed by atoms with Crippen LogP contribution in [0.1, 0.15) is 45.4 Å². The van der Waals surface area contributed by atoms with Gasteiger partial charge >= 0.3 is 0 Å². The van der Waals surface area contributed by atoms with Crippen molar-refractivity contribution in [1.82, 2.24) is 5.32 Å². The molecular weight excluding hydrogens is 262 g/mol. The minimum absolute atomic E-state index is 0.304. The molecule has 2 fully saturated rings. The van der Waals surface area contributed by atoms with Crippen molar-refractivity contribution in [3.05, 3.63) is 0 Å². The van der Waals surface area contributed by atoms with E-state index in [1.165, 1.54) is 12.8 Å². The molecule has 2 rings (SSSR count). The highest BCUT2D eigenvalue weighted by atomic mass is 32.2. The summed E-state index contributed by atoms with van der Waals surface area (Å²) in [5, 5.41) is 3.55. The standard InChI is InChI=1S/C14H27NO3S/c1-2-8-15-14(6-5-13-4-3-9-18-13)12-7-10-19(16,17)11-12/h12-15H,2-11H2,1H3. The second kappa shape index (κ2) is 7.04. The fraction of sp³-hybridized carbons (Fsp3) is 1.00. The van der Waals surface area contributed by atoms with E-state index in [1.54, 1.807) is 0 Å². The minimum Gasteiger partial charge on any atom is -0.378 e. The molecule has 0 aromatic heterocycles. The summed E-state index contributed by atoms with van der Waals surface area (Å²) in [7, 11) is -2.77. The molecule has 0 aliphatic carbocycles. The summed E-state index contributed by atoms with van der Waals surface area (Å²) in [5.41, 5.74) is 0. The molecule has 2 saturated heterocycles. The zero-order valence-corrected chi connectivity index (χ0v) is 12.8. The Labute approximate surface area is 117 Å². The summed E-state index contributed by atoms with van der Waals surface area (Å²) in [4.78, 5) is 0. The van der Waals surface area contributed by atoms with E-state index in [2.05, 4.69) is 12.2 Å². The quantitative estimate of drug-likeness (QED) is 0.776. The molecule has 112 valence electrons. The Balaban J connectivity index is 1.84.